The molecule has 5 heteroatoms. The Hall–Kier alpha value is -2.56. The summed E-state index contributed by atoms with van der Waals surface area (Å²) in [5.74, 6) is 0.491. The molecule has 130 valence electrons. The molecule has 0 unspecified atom stereocenters. The average molecular weight is 338 g/mol. The number of amides is 2. The summed E-state index contributed by atoms with van der Waals surface area (Å²) in [4.78, 5) is 30.0. The molecule has 0 bridgehead atoms. The maximum atomic E-state index is 12.6. The molecule has 0 spiro atoms. The summed E-state index contributed by atoms with van der Waals surface area (Å²) in [5.41, 5.74) is 3.26. The highest BCUT2D eigenvalue weighted by molar-refractivity contribution is 6.05. The van der Waals surface area contributed by atoms with E-state index in [1.54, 1.807) is 7.11 Å². The van der Waals surface area contributed by atoms with Crippen molar-refractivity contribution in [2.45, 2.75) is 26.2 Å². The first-order valence-electron chi connectivity index (χ1n) is 8.75. The van der Waals surface area contributed by atoms with Crippen LogP contribution in [-0.2, 0) is 16.0 Å². The summed E-state index contributed by atoms with van der Waals surface area (Å²) in [7, 11) is 1.65. The molecule has 2 heterocycles. The second-order valence-electron chi connectivity index (χ2n) is 6.87. The number of nitrogens with one attached hydrogen (secondary N) is 1. The number of fused-ring (bicyclic) bond motifs is 2. The van der Waals surface area contributed by atoms with Crippen molar-refractivity contribution in [1.29, 1.82) is 0 Å². The number of hydrogen-bond acceptors (Lipinski definition) is 3. The van der Waals surface area contributed by atoms with Crippen LogP contribution < -0.4 is 4.74 Å². The van der Waals surface area contributed by atoms with E-state index in [4.69, 9.17) is 4.74 Å². The summed E-state index contributed by atoms with van der Waals surface area (Å²) in [6.45, 7) is 2.47. The third-order valence-corrected chi connectivity index (χ3v) is 5.51. The lowest BCUT2D eigenvalue weighted by Crippen LogP contribution is -2.33. The number of aromatic nitrogens is 1. The van der Waals surface area contributed by atoms with Gasteiger partial charge in [0.05, 0.1) is 18.9 Å². The number of nitrogens with zero attached hydrogens (tertiary/aromatic N) is 1. The molecular weight excluding hydrogens is 316 g/mol. The van der Waals surface area contributed by atoms with Crippen LogP contribution in [0.2, 0.25) is 0 Å². The van der Waals surface area contributed by atoms with Crippen LogP contribution in [0.4, 0.5) is 0 Å². The molecule has 1 aliphatic heterocycles. The summed E-state index contributed by atoms with van der Waals surface area (Å²) < 4.78 is 5.32. The van der Waals surface area contributed by atoms with Gasteiger partial charge in [-0.2, -0.15) is 0 Å². The molecule has 2 aromatic rings. The number of rotatable bonds is 4. The molecule has 0 saturated carbocycles. The lowest BCUT2D eigenvalue weighted by molar-refractivity contribution is -0.139. The van der Waals surface area contributed by atoms with Crippen molar-refractivity contribution in [3.05, 3.63) is 41.6 Å². The van der Waals surface area contributed by atoms with Crippen molar-refractivity contribution in [3.8, 4) is 5.75 Å². The predicted octanol–water partition coefficient (Wildman–Crippen LogP) is 2.98. The van der Waals surface area contributed by atoms with E-state index in [-0.39, 0.29) is 23.7 Å². The Morgan fingerprint density at radius 1 is 1.16 bits per heavy atom. The lowest BCUT2D eigenvalue weighted by Gasteiger charge is -2.14. The number of imide groups is 1. The van der Waals surface area contributed by atoms with Crippen LogP contribution in [0.3, 0.4) is 0 Å². The Bertz CT molecular complexity index is 854. The second-order valence-corrected chi connectivity index (χ2v) is 6.87. The standard InChI is InChI=1S/C20H22N2O3/c1-12-14(17-11-13(25-2)7-8-18(17)21-12)9-10-22-19(23)15-5-3-4-6-16(15)20(22)24/h3-4,7-8,11,15-16,21H,5-6,9-10H2,1-2H3/t15-,16-/m1/s1. The molecule has 4 rings (SSSR count). The van der Waals surface area contributed by atoms with Crippen molar-refractivity contribution in [2.75, 3.05) is 13.7 Å². The van der Waals surface area contributed by atoms with Crippen molar-refractivity contribution >= 4 is 22.7 Å². The minimum Gasteiger partial charge on any atom is -0.497 e. The third kappa shape index (κ3) is 2.54. The third-order valence-electron chi connectivity index (χ3n) is 5.51. The van der Waals surface area contributed by atoms with Gasteiger partial charge in [-0.3, -0.25) is 14.5 Å². The topological polar surface area (TPSA) is 62.4 Å². The molecule has 5 nitrogen and oxygen atoms in total. The number of likely N-dealkylation sites (tertiary alicyclic amines) is 1. The monoisotopic (exact) mass is 338 g/mol. The normalized spacial score (nSPS) is 22.7. The van der Waals surface area contributed by atoms with E-state index in [1.807, 2.05) is 37.3 Å². The van der Waals surface area contributed by atoms with Crippen molar-refractivity contribution < 1.29 is 14.3 Å². The van der Waals surface area contributed by atoms with Gasteiger partial charge in [-0.05, 0) is 49.9 Å². The van der Waals surface area contributed by atoms with Gasteiger partial charge in [-0.1, -0.05) is 12.2 Å². The molecule has 1 aromatic heterocycles. The van der Waals surface area contributed by atoms with Crippen LogP contribution in [0, 0.1) is 18.8 Å². The molecule has 1 aliphatic carbocycles. The molecule has 1 fully saturated rings. The van der Waals surface area contributed by atoms with Gasteiger partial charge in [0.1, 0.15) is 5.75 Å². The number of carbonyl (C=O) groups is 2. The predicted molar refractivity (Wildman–Crippen MR) is 95.4 cm³/mol. The first kappa shape index (κ1) is 15.9. The van der Waals surface area contributed by atoms with E-state index in [1.165, 1.54) is 4.90 Å². The minimum absolute atomic E-state index is 0.00516. The molecule has 2 aliphatic rings. The molecule has 1 aromatic carbocycles. The zero-order chi connectivity index (χ0) is 17.6. The largest absolute Gasteiger partial charge is 0.497 e. The highest BCUT2D eigenvalue weighted by atomic mass is 16.5. The van der Waals surface area contributed by atoms with Crippen LogP contribution in [0.1, 0.15) is 24.1 Å². The fourth-order valence-corrected chi connectivity index (χ4v) is 4.12. The van der Waals surface area contributed by atoms with Crippen molar-refractivity contribution in [3.63, 3.8) is 0 Å². The number of allylic oxidation sites excluding steroid dienone is 2. The van der Waals surface area contributed by atoms with Gasteiger partial charge in [0.2, 0.25) is 11.8 Å². The minimum atomic E-state index is -0.151. The Kier molecular flexibility index (Phi) is 3.86. The number of carbonyl (C=O) groups excluding carboxylic acids is 2. The molecule has 1 N–H and O–H groups in total. The van der Waals surface area contributed by atoms with Gasteiger partial charge in [0, 0.05) is 23.1 Å². The Morgan fingerprint density at radius 3 is 2.48 bits per heavy atom. The highest BCUT2D eigenvalue weighted by Gasteiger charge is 2.46. The fraction of sp³-hybridized carbons (Fsp3) is 0.400. The van der Waals surface area contributed by atoms with E-state index in [0.717, 1.165) is 27.9 Å². The van der Waals surface area contributed by atoms with Crippen LogP contribution in [0.25, 0.3) is 10.9 Å². The molecule has 1 saturated heterocycles. The van der Waals surface area contributed by atoms with Crippen LogP contribution in [-0.4, -0.2) is 35.4 Å². The Labute approximate surface area is 146 Å². The van der Waals surface area contributed by atoms with E-state index in [9.17, 15) is 9.59 Å². The maximum absolute atomic E-state index is 12.6. The Morgan fingerprint density at radius 2 is 1.84 bits per heavy atom. The number of aromatic amines is 1. The number of ether oxygens (including phenoxy) is 1. The van der Waals surface area contributed by atoms with Crippen molar-refractivity contribution in [1.82, 2.24) is 9.88 Å². The summed E-state index contributed by atoms with van der Waals surface area (Å²) in [6.07, 6.45) is 6.07. The van der Waals surface area contributed by atoms with E-state index in [0.29, 0.717) is 25.8 Å². The van der Waals surface area contributed by atoms with E-state index < -0.39 is 0 Å². The highest BCUT2D eigenvalue weighted by Crippen LogP contribution is 2.35. The molecule has 0 radical (unpaired) electrons. The van der Waals surface area contributed by atoms with Crippen LogP contribution in [0.5, 0.6) is 5.75 Å². The maximum Gasteiger partial charge on any atom is 0.233 e. The average Bonchev–Trinajstić information content (AvgIpc) is 3.07. The summed E-state index contributed by atoms with van der Waals surface area (Å²) in [6, 6.07) is 5.93. The van der Waals surface area contributed by atoms with E-state index >= 15 is 0 Å². The smallest absolute Gasteiger partial charge is 0.233 e. The van der Waals surface area contributed by atoms with Gasteiger partial charge in [0.15, 0.2) is 0 Å². The quantitative estimate of drug-likeness (QED) is 0.689. The van der Waals surface area contributed by atoms with Gasteiger partial charge in [0.25, 0.3) is 0 Å². The first-order chi connectivity index (χ1) is 12.1. The first-order valence-corrected chi connectivity index (χ1v) is 8.75. The lowest BCUT2D eigenvalue weighted by atomic mass is 9.85. The summed E-state index contributed by atoms with van der Waals surface area (Å²) in [5, 5.41) is 1.09. The fourth-order valence-electron chi connectivity index (χ4n) is 4.12. The molecule has 2 amide bonds. The summed E-state index contributed by atoms with van der Waals surface area (Å²) >= 11 is 0. The number of hydrogen-bond donors (Lipinski definition) is 1. The van der Waals surface area contributed by atoms with Crippen LogP contribution in [0.15, 0.2) is 30.4 Å². The van der Waals surface area contributed by atoms with E-state index in [2.05, 4.69) is 4.98 Å². The second kappa shape index (κ2) is 6.06. The number of H-pyrrole nitrogens is 1. The van der Waals surface area contributed by atoms with Gasteiger partial charge in [-0.25, -0.2) is 0 Å². The van der Waals surface area contributed by atoms with Gasteiger partial charge < -0.3 is 9.72 Å². The van der Waals surface area contributed by atoms with Gasteiger partial charge >= 0.3 is 0 Å². The number of aryl methyl sites for hydroxylation is 1. The van der Waals surface area contributed by atoms with Crippen LogP contribution >= 0.6 is 0 Å². The molecule has 2 atom stereocenters. The number of methoxy groups -OCH3 is 1. The van der Waals surface area contributed by atoms with Crippen molar-refractivity contribution in [2.24, 2.45) is 11.8 Å². The zero-order valence-electron chi connectivity index (χ0n) is 14.5. The zero-order valence-corrected chi connectivity index (χ0v) is 14.5. The SMILES string of the molecule is COc1ccc2[nH]c(C)c(CCN3C(=O)[C@@H]4CC=CC[C@H]4C3=O)c2c1. The molecule has 25 heavy (non-hydrogen) atoms. The van der Waals surface area contributed by atoms with Gasteiger partial charge in [-0.15, -0.1) is 0 Å². The Balaban J connectivity index is 1.57. The molecular formula is C20H22N2O3. The number of benzene rings is 1.